The zero-order chi connectivity index (χ0) is 12.4. The third-order valence-corrected chi connectivity index (χ3v) is 4.25. The van der Waals surface area contributed by atoms with E-state index in [1.54, 1.807) is 0 Å². The van der Waals surface area contributed by atoms with Crippen molar-refractivity contribution < 1.29 is 4.42 Å². The molecule has 1 heterocycles. The predicted octanol–water partition coefficient (Wildman–Crippen LogP) is 2.52. The maximum absolute atomic E-state index is 5.79. The summed E-state index contributed by atoms with van der Waals surface area (Å²) in [5.41, 5.74) is 0. The maximum atomic E-state index is 5.79. The van der Waals surface area contributed by atoms with Crippen LogP contribution in [0.15, 0.2) is 4.42 Å². The van der Waals surface area contributed by atoms with Crippen LogP contribution < -0.4 is 5.32 Å². The molecule has 0 radical (unpaired) electrons. The molecule has 1 aromatic heterocycles. The molecule has 4 nitrogen and oxygen atoms in total. The zero-order valence-corrected chi connectivity index (χ0v) is 11.2. The number of nitrogens with one attached hydrogen (secondary N) is 1. The molecular formula is C14H23N3O. The summed E-state index contributed by atoms with van der Waals surface area (Å²) in [7, 11) is 0. The van der Waals surface area contributed by atoms with E-state index in [0.717, 1.165) is 49.5 Å². The molecule has 100 valence electrons. The highest BCUT2D eigenvalue weighted by atomic mass is 16.4. The molecule has 2 aliphatic rings. The van der Waals surface area contributed by atoms with E-state index in [1.807, 2.05) is 0 Å². The first-order chi connectivity index (χ1) is 8.86. The van der Waals surface area contributed by atoms with Crippen molar-refractivity contribution in [1.82, 2.24) is 15.5 Å². The number of fused-ring (bicyclic) bond motifs is 1. The average molecular weight is 249 g/mol. The molecule has 0 aromatic carbocycles. The van der Waals surface area contributed by atoms with Gasteiger partial charge in [-0.3, -0.25) is 0 Å². The Morgan fingerprint density at radius 3 is 2.78 bits per heavy atom. The Labute approximate surface area is 109 Å². The van der Waals surface area contributed by atoms with Gasteiger partial charge in [-0.05, 0) is 57.0 Å². The number of nitrogens with zero attached hydrogens (tertiary/aromatic N) is 2. The van der Waals surface area contributed by atoms with Crippen molar-refractivity contribution in [2.24, 2.45) is 11.8 Å². The van der Waals surface area contributed by atoms with E-state index in [0.29, 0.717) is 5.92 Å². The van der Waals surface area contributed by atoms with Gasteiger partial charge in [0.05, 0.1) is 0 Å². The highest BCUT2D eigenvalue weighted by Crippen LogP contribution is 2.57. The van der Waals surface area contributed by atoms with Crippen molar-refractivity contribution >= 4 is 0 Å². The average Bonchev–Trinajstić information content (AvgIpc) is 2.82. The van der Waals surface area contributed by atoms with E-state index >= 15 is 0 Å². The fourth-order valence-corrected chi connectivity index (χ4v) is 3.12. The van der Waals surface area contributed by atoms with Crippen LogP contribution in [0.25, 0.3) is 0 Å². The van der Waals surface area contributed by atoms with Crippen molar-refractivity contribution in [2.45, 2.75) is 51.4 Å². The van der Waals surface area contributed by atoms with Gasteiger partial charge in [-0.25, -0.2) is 0 Å². The third kappa shape index (κ3) is 2.74. The third-order valence-electron chi connectivity index (χ3n) is 4.25. The van der Waals surface area contributed by atoms with E-state index in [-0.39, 0.29) is 0 Å². The second-order valence-electron chi connectivity index (χ2n) is 5.81. The first-order valence-electron chi connectivity index (χ1n) is 7.39. The normalized spacial score (nSPS) is 29.5. The van der Waals surface area contributed by atoms with Gasteiger partial charge in [-0.1, -0.05) is 6.92 Å². The number of hydrogen-bond acceptors (Lipinski definition) is 4. The van der Waals surface area contributed by atoms with Crippen LogP contribution in [0.1, 0.15) is 56.7 Å². The van der Waals surface area contributed by atoms with Crippen LogP contribution in [0.5, 0.6) is 0 Å². The fourth-order valence-electron chi connectivity index (χ4n) is 3.12. The smallest absolute Gasteiger partial charge is 0.219 e. The van der Waals surface area contributed by atoms with E-state index in [4.69, 9.17) is 4.42 Å². The molecule has 0 spiro atoms. The molecule has 1 aromatic rings. The van der Waals surface area contributed by atoms with Gasteiger partial charge >= 0.3 is 0 Å². The van der Waals surface area contributed by atoms with Gasteiger partial charge in [-0.2, -0.15) is 0 Å². The first-order valence-corrected chi connectivity index (χ1v) is 7.39. The molecule has 4 heteroatoms. The molecule has 2 fully saturated rings. The minimum atomic E-state index is 0.563. The van der Waals surface area contributed by atoms with Gasteiger partial charge in [0, 0.05) is 12.3 Å². The van der Waals surface area contributed by atoms with Crippen LogP contribution in [-0.4, -0.2) is 23.3 Å². The topological polar surface area (TPSA) is 51.0 Å². The monoisotopic (exact) mass is 249 g/mol. The summed E-state index contributed by atoms with van der Waals surface area (Å²) < 4.78 is 5.79. The van der Waals surface area contributed by atoms with E-state index < -0.39 is 0 Å². The Morgan fingerprint density at radius 1 is 1.17 bits per heavy atom. The summed E-state index contributed by atoms with van der Waals surface area (Å²) in [6.07, 6.45) is 7.19. The number of rotatable bonds is 7. The lowest BCUT2D eigenvalue weighted by Crippen LogP contribution is -2.16. The second kappa shape index (κ2) is 5.39. The molecule has 1 N–H and O–H groups in total. The van der Waals surface area contributed by atoms with Crippen LogP contribution in [0.3, 0.4) is 0 Å². The van der Waals surface area contributed by atoms with E-state index in [9.17, 15) is 0 Å². The van der Waals surface area contributed by atoms with Crippen molar-refractivity contribution in [3.8, 4) is 0 Å². The largest absolute Gasteiger partial charge is 0.425 e. The Bertz CT molecular complexity index is 380. The van der Waals surface area contributed by atoms with E-state index in [2.05, 4.69) is 22.4 Å². The lowest BCUT2D eigenvalue weighted by Gasteiger charge is -2.04. The van der Waals surface area contributed by atoms with Crippen molar-refractivity contribution in [2.75, 3.05) is 13.1 Å². The first kappa shape index (κ1) is 12.2. The Balaban J connectivity index is 1.42. The van der Waals surface area contributed by atoms with Crippen molar-refractivity contribution in [3.63, 3.8) is 0 Å². The standard InChI is InChI=1S/C14H23N3O/c1-2-5-15-6-3-4-13-16-17-14(18-13)12-8-10-7-11(10)9-12/h10-12,15H,2-9H2,1H3. The molecule has 2 unspecified atom stereocenters. The lowest BCUT2D eigenvalue weighted by atomic mass is 10.0. The molecule has 0 bridgehead atoms. The molecule has 18 heavy (non-hydrogen) atoms. The van der Waals surface area contributed by atoms with Gasteiger partial charge in [0.25, 0.3) is 0 Å². The van der Waals surface area contributed by atoms with Crippen LogP contribution >= 0.6 is 0 Å². The highest BCUT2D eigenvalue weighted by Gasteiger charge is 2.47. The molecule has 0 amide bonds. The van der Waals surface area contributed by atoms with Crippen LogP contribution in [0, 0.1) is 11.8 Å². The maximum Gasteiger partial charge on any atom is 0.219 e. The summed E-state index contributed by atoms with van der Waals surface area (Å²) in [6.45, 7) is 4.32. The summed E-state index contributed by atoms with van der Waals surface area (Å²) in [4.78, 5) is 0. The Morgan fingerprint density at radius 2 is 2.00 bits per heavy atom. The molecule has 0 aliphatic heterocycles. The number of hydrogen-bond donors (Lipinski definition) is 1. The van der Waals surface area contributed by atoms with Gasteiger partial charge in [0.2, 0.25) is 11.8 Å². The van der Waals surface area contributed by atoms with E-state index in [1.165, 1.54) is 25.7 Å². The van der Waals surface area contributed by atoms with Crippen molar-refractivity contribution in [1.29, 1.82) is 0 Å². The fraction of sp³-hybridized carbons (Fsp3) is 0.857. The Hall–Kier alpha value is -0.900. The number of aryl methyl sites for hydroxylation is 1. The Kier molecular flexibility index (Phi) is 3.64. The van der Waals surface area contributed by atoms with Gasteiger partial charge in [-0.15, -0.1) is 10.2 Å². The second-order valence-corrected chi connectivity index (χ2v) is 5.81. The summed E-state index contributed by atoms with van der Waals surface area (Å²) in [6, 6.07) is 0. The minimum absolute atomic E-state index is 0.563. The number of aromatic nitrogens is 2. The molecule has 0 saturated heterocycles. The summed E-state index contributed by atoms with van der Waals surface area (Å²) >= 11 is 0. The molecule has 2 saturated carbocycles. The van der Waals surface area contributed by atoms with Gasteiger partial charge < -0.3 is 9.73 Å². The van der Waals surface area contributed by atoms with Crippen LogP contribution in [0.4, 0.5) is 0 Å². The summed E-state index contributed by atoms with van der Waals surface area (Å²) in [5.74, 6) is 4.24. The molecular weight excluding hydrogens is 226 g/mol. The quantitative estimate of drug-likeness (QED) is 0.754. The molecule has 2 atom stereocenters. The van der Waals surface area contributed by atoms with Gasteiger partial charge in [0.15, 0.2) is 0 Å². The zero-order valence-electron chi connectivity index (χ0n) is 11.2. The van der Waals surface area contributed by atoms with Gasteiger partial charge in [0.1, 0.15) is 0 Å². The van der Waals surface area contributed by atoms with Crippen molar-refractivity contribution in [3.05, 3.63) is 11.8 Å². The summed E-state index contributed by atoms with van der Waals surface area (Å²) in [5, 5.41) is 11.8. The van der Waals surface area contributed by atoms with Crippen LogP contribution in [-0.2, 0) is 6.42 Å². The predicted molar refractivity (Wildman–Crippen MR) is 69.4 cm³/mol. The SMILES string of the molecule is CCCNCCCc1nnc(C2CC3CC3C2)o1. The molecule has 2 aliphatic carbocycles. The minimum Gasteiger partial charge on any atom is -0.425 e. The highest BCUT2D eigenvalue weighted by molar-refractivity contribution is 5.06. The van der Waals surface area contributed by atoms with Crippen LogP contribution in [0.2, 0.25) is 0 Å². The molecule has 3 rings (SSSR count). The lowest BCUT2D eigenvalue weighted by molar-refractivity contribution is 0.399.